The van der Waals surface area contributed by atoms with Gasteiger partial charge in [-0.05, 0) is 29.8 Å². The fourth-order valence-corrected chi connectivity index (χ4v) is 4.79. The van der Waals surface area contributed by atoms with E-state index in [9.17, 15) is 9.59 Å². The highest BCUT2D eigenvalue weighted by Crippen LogP contribution is 2.43. The first kappa shape index (κ1) is 21.1. The highest BCUT2D eigenvalue weighted by atomic mass is 32.1. The molecule has 2 aromatic carbocycles. The smallest absolute Gasteiger partial charge is 0.297 e. The predicted octanol–water partition coefficient (Wildman–Crippen LogP) is 5.08. The molecule has 1 atom stereocenters. The van der Waals surface area contributed by atoms with Crippen LogP contribution in [0.15, 0.2) is 70.4 Å². The van der Waals surface area contributed by atoms with E-state index in [4.69, 9.17) is 9.15 Å². The maximum absolute atomic E-state index is 13.6. The van der Waals surface area contributed by atoms with Crippen LogP contribution in [0.1, 0.15) is 52.5 Å². The minimum absolute atomic E-state index is 0.0300. The highest BCUT2D eigenvalue weighted by Gasteiger charge is 2.45. The summed E-state index contributed by atoms with van der Waals surface area (Å²) in [6, 6.07) is 13.6. The van der Waals surface area contributed by atoms with Crippen LogP contribution < -0.4 is 15.1 Å². The number of amides is 1. The Labute approximate surface area is 194 Å². The molecule has 33 heavy (non-hydrogen) atoms. The molecular weight excluding hydrogens is 438 g/mol. The van der Waals surface area contributed by atoms with E-state index in [1.165, 1.54) is 16.2 Å². The average molecular weight is 460 g/mol. The van der Waals surface area contributed by atoms with E-state index in [0.29, 0.717) is 39.6 Å². The zero-order valence-electron chi connectivity index (χ0n) is 18.1. The topological polar surface area (TPSA) is 85.5 Å². The minimum atomic E-state index is -0.714. The third kappa shape index (κ3) is 3.52. The molecule has 0 radical (unpaired) electrons. The van der Waals surface area contributed by atoms with Crippen molar-refractivity contribution in [3.8, 4) is 5.75 Å². The Bertz CT molecular complexity index is 1440. The molecule has 1 aliphatic heterocycles. The van der Waals surface area contributed by atoms with E-state index in [-0.39, 0.29) is 17.1 Å². The van der Waals surface area contributed by atoms with Crippen LogP contribution in [-0.2, 0) is 0 Å². The normalized spacial score (nSPS) is 15.3. The van der Waals surface area contributed by atoms with Crippen LogP contribution in [-0.4, -0.2) is 22.7 Å². The van der Waals surface area contributed by atoms with Gasteiger partial charge in [0.1, 0.15) is 22.9 Å². The van der Waals surface area contributed by atoms with Crippen LogP contribution in [0.3, 0.4) is 0 Å². The lowest BCUT2D eigenvalue weighted by Crippen LogP contribution is -2.29. The summed E-state index contributed by atoms with van der Waals surface area (Å²) in [5.41, 5.74) is 1.14. The Balaban J connectivity index is 1.74. The van der Waals surface area contributed by atoms with E-state index >= 15 is 0 Å². The summed E-state index contributed by atoms with van der Waals surface area (Å²) in [6.45, 7) is 8.05. The van der Waals surface area contributed by atoms with Gasteiger partial charge in [-0.2, -0.15) is 0 Å². The van der Waals surface area contributed by atoms with E-state index in [1.807, 2.05) is 38.1 Å². The van der Waals surface area contributed by atoms with Crippen molar-refractivity contribution >= 4 is 33.3 Å². The van der Waals surface area contributed by atoms with Gasteiger partial charge in [-0.15, -0.1) is 10.2 Å². The maximum atomic E-state index is 13.6. The number of hydrogen-bond acceptors (Lipinski definition) is 7. The van der Waals surface area contributed by atoms with Crippen molar-refractivity contribution < 1.29 is 13.9 Å². The lowest BCUT2D eigenvalue weighted by atomic mass is 9.98. The zero-order chi connectivity index (χ0) is 23.1. The quantitative estimate of drug-likeness (QED) is 0.374. The van der Waals surface area contributed by atoms with E-state index in [0.717, 1.165) is 5.01 Å². The molecule has 0 spiro atoms. The predicted molar refractivity (Wildman–Crippen MR) is 127 cm³/mol. The molecule has 0 fully saturated rings. The largest absolute Gasteiger partial charge is 0.490 e. The molecule has 4 aromatic rings. The molecule has 0 unspecified atom stereocenters. The SMILES string of the molecule is C=CCOc1cccc([C@H]2c3c(oc4ccccc4c3=O)C(=O)N2c2nnc(C(C)C)s2)c1. The van der Waals surface area contributed by atoms with Gasteiger partial charge >= 0.3 is 0 Å². The summed E-state index contributed by atoms with van der Waals surface area (Å²) >= 11 is 1.33. The molecule has 0 N–H and O–H groups in total. The second kappa shape index (κ2) is 8.29. The molecule has 1 aliphatic rings. The Morgan fingerprint density at radius 2 is 2.00 bits per heavy atom. The van der Waals surface area contributed by atoms with Crippen LogP contribution in [0.2, 0.25) is 0 Å². The number of hydrogen-bond donors (Lipinski definition) is 0. The Morgan fingerprint density at radius 1 is 1.18 bits per heavy atom. The second-order valence-electron chi connectivity index (χ2n) is 8.00. The Morgan fingerprint density at radius 3 is 2.76 bits per heavy atom. The molecular formula is C25H21N3O4S. The summed E-state index contributed by atoms with van der Waals surface area (Å²) in [4.78, 5) is 28.7. The van der Waals surface area contributed by atoms with Gasteiger partial charge in [0.05, 0.1) is 17.0 Å². The number of fused-ring (bicyclic) bond motifs is 2. The van der Waals surface area contributed by atoms with Gasteiger partial charge in [-0.3, -0.25) is 14.5 Å². The second-order valence-corrected chi connectivity index (χ2v) is 8.99. The lowest BCUT2D eigenvalue weighted by molar-refractivity contribution is 0.0970. The number of carbonyl (C=O) groups is 1. The van der Waals surface area contributed by atoms with Crippen molar-refractivity contribution in [3.63, 3.8) is 0 Å². The molecule has 0 saturated heterocycles. The van der Waals surface area contributed by atoms with Crippen molar-refractivity contribution in [1.82, 2.24) is 10.2 Å². The highest BCUT2D eigenvalue weighted by molar-refractivity contribution is 7.15. The van der Waals surface area contributed by atoms with Gasteiger partial charge in [0.15, 0.2) is 5.43 Å². The average Bonchev–Trinajstić information content (AvgIpc) is 3.42. The minimum Gasteiger partial charge on any atom is -0.490 e. The summed E-state index contributed by atoms with van der Waals surface area (Å²) in [7, 11) is 0. The van der Waals surface area contributed by atoms with Crippen LogP contribution in [0.4, 0.5) is 5.13 Å². The van der Waals surface area contributed by atoms with Crippen molar-refractivity contribution in [2.75, 3.05) is 11.5 Å². The number of ether oxygens (including phenoxy) is 1. The van der Waals surface area contributed by atoms with E-state index in [1.54, 1.807) is 30.3 Å². The van der Waals surface area contributed by atoms with Crippen LogP contribution in [0.5, 0.6) is 5.75 Å². The first-order chi connectivity index (χ1) is 16.0. The van der Waals surface area contributed by atoms with Gasteiger partial charge in [-0.25, -0.2) is 0 Å². The standard InChI is InChI=1S/C25H21N3O4S/c1-4-12-31-16-9-7-8-15(13-16)20-19-21(29)17-10-5-6-11-18(17)32-22(19)24(30)28(20)25-27-26-23(33-25)14(2)3/h4-11,13-14,20H,1,12H2,2-3H3/t20-/m0/s1. The number of rotatable bonds is 6. The molecule has 8 heteroatoms. The summed E-state index contributed by atoms with van der Waals surface area (Å²) < 4.78 is 11.7. The Kier molecular flexibility index (Phi) is 5.30. The lowest BCUT2D eigenvalue weighted by Gasteiger charge is -2.22. The third-order valence-electron chi connectivity index (χ3n) is 5.45. The van der Waals surface area contributed by atoms with Gasteiger partial charge in [0.2, 0.25) is 10.9 Å². The zero-order valence-corrected chi connectivity index (χ0v) is 19.0. The van der Waals surface area contributed by atoms with Crippen LogP contribution in [0, 0.1) is 0 Å². The molecule has 1 amide bonds. The number of carbonyl (C=O) groups excluding carboxylic acids is 1. The molecule has 3 heterocycles. The molecule has 0 aliphatic carbocycles. The van der Waals surface area contributed by atoms with Gasteiger partial charge in [0.25, 0.3) is 5.91 Å². The van der Waals surface area contributed by atoms with Crippen molar-refractivity contribution in [2.24, 2.45) is 0 Å². The first-order valence-corrected chi connectivity index (χ1v) is 11.4. The summed E-state index contributed by atoms with van der Waals surface area (Å²) in [6.07, 6.45) is 1.66. The number of benzene rings is 2. The van der Waals surface area contributed by atoms with Crippen molar-refractivity contribution in [3.05, 3.63) is 93.3 Å². The van der Waals surface area contributed by atoms with Gasteiger partial charge in [-0.1, -0.05) is 62.1 Å². The first-order valence-electron chi connectivity index (χ1n) is 10.6. The van der Waals surface area contributed by atoms with Gasteiger partial charge in [0, 0.05) is 5.92 Å². The fourth-order valence-electron chi connectivity index (χ4n) is 3.92. The molecule has 2 aromatic heterocycles. The van der Waals surface area contributed by atoms with Crippen LogP contribution >= 0.6 is 11.3 Å². The summed E-state index contributed by atoms with van der Waals surface area (Å²) in [5, 5.41) is 10.2. The molecule has 5 rings (SSSR count). The number of aromatic nitrogens is 2. The van der Waals surface area contributed by atoms with Gasteiger partial charge < -0.3 is 9.15 Å². The van der Waals surface area contributed by atoms with Crippen molar-refractivity contribution in [2.45, 2.75) is 25.8 Å². The van der Waals surface area contributed by atoms with E-state index in [2.05, 4.69) is 16.8 Å². The maximum Gasteiger partial charge on any atom is 0.297 e. The van der Waals surface area contributed by atoms with Crippen molar-refractivity contribution in [1.29, 1.82) is 0 Å². The molecule has 0 saturated carbocycles. The number of nitrogens with zero attached hydrogens (tertiary/aromatic N) is 3. The third-order valence-corrected chi connectivity index (χ3v) is 6.67. The monoisotopic (exact) mass is 459 g/mol. The number of anilines is 1. The fraction of sp³-hybridized carbons (Fsp3) is 0.200. The summed E-state index contributed by atoms with van der Waals surface area (Å²) in [5.74, 6) is 0.385. The molecule has 166 valence electrons. The Hall–Kier alpha value is -3.78. The van der Waals surface area contributed by atoms with Crippen LogP contribution in [0.25, 0.3) is 11.0 Å². The molecule has 7 nitrogen and oxygen atoms in total. The van der Waals surface area contributed by atoms with E-state index < -0.39 is 11.9 Å². The molecule has 0 bridgehead atoms. The number of para-hydroxylation sites is 1.